The highest BCUT2D eigenvalue weighted by molar-refractivity contribution is 14.1. The van der Waals surface area contributed by atoms with Crippen LogP contribution in [0.4, 0.5) is 0 Å². The van der Waals surface area contributed by atoms with Crippen molar-refractivity contribution in [2.75, 3.05) is 0 Å². The minimum atomic E-state index is 0. The quantitative estimate of drug-likeness (QED) is 0.664. The van der Waals surface area contributed by atoms with E-state index in [1.54, 1.807) is 0 Å². The zero-order valence-electron chi connectivity index (χ0n) is 7.95. The van der Waals surface area contributed by atoms with E-state index in [-0.39, 0.29) is 18.4 Å². The predicted molar refractivity (Wildman–Crippen MR) is 72.8 cm³/mol. The molecule has 0 aliphatic heterocycles. The van der Waals surface area contributed by atoms with Crippen molar-refractivity contribution in [2.24, 2.45) is 5.73 Å². The summed E-state index contributed by atoms with van der Waals surface area (Å²) in [6.45, 7) is 3.69. The summed E-state index contributed by atoms with van der Waals surface area (Å²) in [7, 11) is 0. The minimum Gasteiger partial charge on any atom is -0.324 e. The van der Waals surface area contributed by atoms with E-state index in [0.29, 0.717) is 0 Å². The molecule has 1 atom stereocenters. The van der Waals surface area contributed by atoms with Crippen LogP contribution in [0.2, 0.25) is 0 Å². The van der Waals surface area contributed by atoms with Crippen molar-refractivity contribution < 1.29 is 0 Å². The third-order valence-electron chi connectivity index (χ3n) is 1.99. The number of rotatable bonds is 4. The zero-order valence-corrected chi connectivity index (χ0v) is 10.9. The number of allylic oxidation sites excluding steroid dienone is 1. The number of hydrogen-bond acceptors (Lipinski definition) is 1. The molecule has 1 aromatic carbocycles. The van der Waals surface area contributed by atoms with Gasteiger partial charge in [0.15, 0.2) is 0 Å². The lowest BCUT2D eigenvalue weighted by molar-refractivity contribution is 0.658. The van der Waals surface area contributed by atoms with Crippen molar-refractivity contribution in [3.63, 3.8) is 0 Å². The lowest BCUT2D eigenvalue weighted by Crippen LogP contribution is -2.11. The van der Waals surface area contributed by atoms with Crippen LogP contribution in [0.15, 0.2) is 36.9 Å². The molecule has 0 bridgehead atoms. The monoisotopic (exact) mass is 323 g/mol. The summed E-state index contributed by atoms with van der Waals surface area (Å²) in [5, 5.41) is 0. The number of hydrogen-bond donors (Lipinski definition) is 1. The second kappa shape index (κ2) is 7.26. The van der Waals surface area contributed by atoms with Crippen LogP contribution < -0.4 is 5.73 Å². The Morgan fingerprint density at radius 3 is 2.64 bits per heavy atom. The normalized spacial score (nSPS) is 11.6. The first-order chi connectivity index (χ1) is 6.25. The smallest absolute Gasteiger partial charge is 0.0308 e. The van der Waals surface area contributed by atoms with Crippen LogP contribution in [0.1, 0.15) is 24.4 Å². The van der Waals surface area contributed by atoms with Gasteiger partial charge in [0.1, 0.15) is 0 Å². The maximum atomic E-state index is 6.03. The highest BCUT2D eigenvalue weighted by atomic mass is 127. The lowest BCUT2D eigenvalue weighted by atomic mass is 10.0. The van der Waals surface area contributed by atoms with Crippen LogP contribution in [-0.2, 0) is 0 Å². The van der Waals surface area contributed by atoms with E-state index in [0.717, 1.165) is 12.8 Å². The standard InChI is InChI=1S/C11H14IN.ClH/c1-2-3-8-11(13)9-6-4-5-7-10(9)12;/h2,4-7,11H,1,3,8,13H2;1H/t11-;/m1./s1. The molecule has 3 heteroatoms. The Morgan fingerprint density at radius 1 is 1.43 bits per heavy atom. The van der Waals surface area contributed by atoms with E-state index in [2.05, 4.69) is 41.3 Å². The molecule has 0 radical (unpaired) electrons. The molecular formula is C11H15ClIN. The van der Waals surface area contributed by atoms with Crippen molar-refractivity contribution in [1.29, 1.82) is 0 Å². The predicted octanol–water partition coefficient (Wildman–Crippen LogP) is 3.68. The fourth-order valence-electron chi connectivity index (χ4n) is 1.23. The van der Waals surface area contributed by atoms with Crippen molar-refractivity contribution >= 4 is 35.0 Å². The molecule has 1 rings (SSSR count). The Balaban J connectivity index is 0.00000169. The maximum absolute atomic E-state index is 6.03. The van der Waals surface area contributed by atoms with E-state index in [4.69, 9.17) is 5.73 Å². The molecule has 1 aromatic rings. The molecule has 14 heavy (non-hydrogen) atoms. The topological polar surface area (TPSA) is 26.0 Å². The molecule has 0 fully saturated rings. The third-order valence-corrected chi connectivity index (χ3v) is 2.97. The van der Waals surface area contributed by atoms with Crippen molar-refractivity contribution in [3.05, 3.63) is 46.1 Å². The van der Waals surface area contributed by atoms with E-state index in [1.807, 2.05) is 18.2 Å². The molecule has 0 heterocycles. The Bertz CT molecular complexity index is 288. The molecule has 0 aromatic heterocycles. The molecule has 0 aliphatic carbocycles. The van der Waals surface area contributed by atoms with E-state index in [9.17, 15) is 0 Å². The average molecular weight is 324 g/mol. The van der Waals surface area contributed by atoms with Crippen LogP contribution in [0.25, 0.3) is 0 Å². The van der Waals surface area contributed by atoms with Gasteiger partial charge in [-0.25, -0.2) is 0 Å². The van der Waals surface area contributed by atoms with Crippen LogP contribution in [0, 0.1) is 3.57 Å². The summed E-state index contributed by atoms with van der Waals surface area (Å²) in [4.78, 5) is 0. The second-order valence-corrected chi connectivity index (χ2v) is 4.16. The van der Waals surface area contributed by atoms with Gasteiger partial charge in [0.25, 0.3) is 0 Å². The van der Waals surface area contributed by atoms with Gasteiger partial charge in [0.2, 0.25) is 0 Å². The molecule has 1 nitrogen and oxygen atoms in total. The van der Waals surface area contributed by atoms with Crippen LogP contribution in [-0.4, -0.2) is 0 Å². The minimum absolute atomic E-state index is 0. The fourth-order valence-corrected chi connectivity index (χ4v) is 2.02. The van der Waals surface area contributed by atoms with Gasteiger partial charge in [-0.3, -0.25) is 0 Å². The Morgan fingerprint density at radius 2 is 2.07 bits per heavy atom. The largest absolute Gasteiger partial charge is 0.324 e. The Labute approximate surface area is 105 Å². The average Bonchev–Trinajstić information content (AvgIpc) is 2.15. The molecule has 0 spiro atoms. The SMILES string of the molecule is C=CCC[C@@H](N)c1ccccc1I.Cl. The molecular weight excluding hydrogens is 308 g/mol. The highest BCUT2D eigenvalue weighted by Gasteiger charge is 2.07. The van der Waals surface area contributed by atoms with Gasteiger partial charge in [-0.15, -0.1) is 19.0 Å². The van der Waals surface area contributed by atoms with Crippen LogP contribution >= 0.6 is 35.0 Å². The summed E-state index contributed by atoms with van der Waals surface area (Å²) >= 11 is 2.32. The van der Waals surface area contributed by atoms with Gasteiger partial charge in [0, 0.05) is 9.61 Å². The van der Waals surface area contributed by atoms with E-state index >= 15 is 0 Å². The van der Waals surface area contributed by atoms with Gasteiger partial charge in [-0.05, 0) is 47.1 Å². The number of nitrogens with two attached hydrogens (primary N) is 1. The first kappa shape index (κ1) is 13.9. The van der Waals surface area contributed by atoms with Crippen molar-refractivity contribution in [1.82, 2.24) is 0 Å². The first-order valence-corrected chi connectivity index (χ1v) is 5.44. The molecule has 0 unspecified atom stereocenters. The highest BCUT2D eigenvalue weighted by Crippen LogP contribution is 2.21. The summed E-state index contributed by atoms with van der Waals surface area (Å²) in [5.41, 5.74) is 7.27. The third kappa shape index (κ3) is 3.98. The van der Waals surface area contributed by atoms with Crippen molar-refractivity contribution in [3.8, 4) is 0 Å². The maximum Gasteiger partial charge on any atom is 0.0308 e. The van der Waals surface area contributed by atoms with Gasteiger partial charge in [-0.2, -0.15) is 0 Å². The van der Waals surface area contributed by atoms with E-state index in [1.165, 1.54) is 9.13 Å². The molecule has 0 saturated carbocycles. The van der Waals surface area contributed by atoms with Gasteiger partial charge < -0.3 is 5.73 Å². The van der Waals surface area contributed by atoms with E-state index < -0.39 is 0 Å². The summed E-state index contributed by atoms with van der Waals surface area (Å²) in [6, 6.07) is 8.39. The molecule has 2 N–H and O–H groups in total. The van der Waals surface area contributed by atoms with Crippen LogP contribution in [0.3, 0.4) is 0 Å². The van der Waals surface area contributed by atoms with Crippen LogP contribution in [0.5, 0.6) is 0 Å². The summed E-state index contributed by atoms with van der Waals surface area (Å²) in [5.74, 6) is 0. The Kier molecular flexibility index (Phi) is 7.23. The molecule has 0 amide bonds. The summed E-state index contributed by atoms with van der Waals surface area (Å²) in [6.07, 6.45) is 3.87. The second-order valence-electron chi connectivity index (χ2n) is 2.99. The molecule has 78 valence electrons. The number of halogens is 2. The molecule has 0 saturated heterocycles. The van der Waals surface area contributed by atoms with Gasteiger partial charge >= 0.3 is 0 Å². The Hall–Kier alpha value is -0.0600. The van der Waals surface area contributed by atoms with Gasteiger partial charge in [-0.1, -0.05) is 24.3 Å². The van der Waals surface area contributed by atoms with Crippen molar-refractivity contribution in [2.45, 2.75) is 18.9 Å². The number of benzene rings is 1. The molecule has 0 aliphatic rings. The summed E-state index contributed by atoms with van der Waals surface area (Å²) < 4.78 is 1.25. The lowest BCUT2D eigenvalue weighted by Gasteiger charge is -2.12. The van der Waals surface area contributed by atoms with Gasteiger partial charge in [0.05, 0.1) is 0 Å². The fraction of sp³-hybridized carbons (Fsp3) is 0.273. The first-order valence-electron chi connectivity index (χ1n) is 4.36. The zero-order chi connectivity index (χ0) is 9.68.